The maximum absolute atomic E-state index is 12.7. The van der Waals surface area contributed by atoms with Crippen LogP contribution in [0.3, 0.4) is 0 Å². The molecule has 0 spiro atoms. The number of hydrogen-bond acceptors (Lipinski definition) is 5. The van der Waals surface area contributed by atoms with Crippen molar-refractivity contribution in [3.63, 3.8) is 0 Å². The number of carbonyl (C=O) groups excluding carboxylic acids is 1. The first-order valence-electron chi connectivity index (χ1n) is 9.42. The third-order valence-electron chi connectivity index (χ3n) is 4.94. The number of para-hydroxylation sites is 1. The molecule has 0 radical (unpaired) electrons. The summed E-state index contributed by atoms with van der Waals surface area (Å²) in [6.45, 7) is 3.28. The summed E-state index contributed by atoms with van der Waals surface area (Å²) in [7, 11) is -3.58. The average Bonchev–Trinajstić information content (AvgIpc) is 3.19. The Kier molecular flexibility index (Phi) is 5.40. The lowest BCUT2D eigenvalue weighted by atomic mass is 10.1. The highest BCUT2D eigenvalue weighted by atomic mass is 32.2. The largest absolute Gasteiger partial charge is 0.459 e. The number of carbonyl (C=O) groups is 1. The molecule has 1 aromatic heterocycles. The van der Waals surface area contributed by atoms with Crippen LogP contribution in [0.15, 0.2) is 63.9 Å². The van der Waals surface area contributed by atoms with E-state index < -0.39 is 10.0 Å². The second-order valence-electron chi connectivity index (χ2n) is 6.92. The number of nitrogens with one attached hydrogen (secondary N) is 1. The molecule has 152 valence electrons. The zero-order valence-corrected chi connectivity index (χ0v) is 16.8. The quantitative estimate of drug-likeness (QED) is 0.693. The predicted octanol–water partition coefficient (Wildman–Crippen LogP) is 2.94. The summed E-state index contributed by atoms with van der Waals surface area (Å²) in [6.07, 6.45) is 0. The van der Waals surface area contributed by atoms with Crippen molar-refractivity contribution in [1.29, 1.82) is 0 Å². The Morgan fingerprint density at radius 1 is 1.07 bits per heavy atom. The summed E-state index contributed by atoms with van der Waals surface area (Å²) in [5.41, 5.74) is 1.15. The first-order chi connectivity index (χ1) is 13.9. The van der Waals surface area contributed by atoms with Crippen LogP contribution in [-0.2, 0) is 14.8 Å². The highest BCUT2D eigenvalue weighted by Gasteiger charge is 2.26. The molecule has 7 nitrogen and oxygen atoms in total. The summed E-state index contributed by atoms with van der Waals surface area (Å²) >= 11 is 0. The van der Waals surface area contributed by atoms with Crippen LogP contribution in [0.4, 0.5) is 0 Å². The second kappa shape index (κ2) is 7.98. The van der Waals surface area contributed by atoms with Gasteiger partial charge >= 0.3 is 0 Å². The molecule has 0 bridgehead atoms. The van der Waals surface area contributed by atoms with Gasteiger partial charge in [-0.05, 0) is 43.3 Å². The van der Waals surface area contributed by atoms with E-state index in [1.165, 1.54) is 28.6 Å². The van der Waals surface area contributed by atoms with Crippen molar-refractivity contribution in [3.05, 3.63) is 65.9 Å². The van der Waals surface area contributed by atoms with Gasteiger partial charge in [0.1, 0.15) is 11.3 Å². The molecule has 1 unspecified atom stereocenters. The van der Waals surface area contributed by atoms with E-state index in [0.29, 0.717) is 37.6 Å². The van der Waals surface area contributed by atoms with Gasteiger partial charge in [-0.1, -0.05) is 18.2 Å². The number of amides is 1. The van der Waals surface area contributed by atoms with E-state index in [-0.39, 0.29) is 16.8 Å². The van der Waals surface area contributed by atoms with Crippen molar-refractivity contribution >= 4 is 26.9 Å². The Hall–Kier alpha value is -2.68. The van der Waals surface area contributed by atoms with Crippen molar-refractivity contribution in [2.75, 3.05) is 26.3 Å². The molecule has 1 fully saturated rings. The fourth-order valence-corrected chi connectivity index (χ4v) is 4.69. The standard InChI is InChI=1S/C21H22N2O5S/c1-15(20-14-17-4-2-3-5-19(17)28-20)22-21(24)16-6-8-18(9-7-16)29(25,26)23-10-12-27-13-11-23/h2-9,14-15H,10-13H2,1H3,(H,22,24). The lowest BCUT2D eigenvalue weighted by Crippen LogP contribution is -2.40. The SMILES string of the molecule is CC(NC(=O)c1ccc(S(=O)(=O)N2CCOCC2)cc1)c1cc2ccccc2o1. The minimum absolute atomic E-state index is 0.168. The highest BCUT2D eigenvalue weighted by Crippen LogP contribution is 2.24. The molecule has 3 aromatic rings. The van der Waals surface area contributed by atoms with Crippen LogP contribution < -0.4 is 5.32 Å². The summed E-state index contributed by atoms with van der Waals surface area (Å²) in [5, 5.41) is 3.86. The number of furan rings is 1. The normalized spacial score (nSPS) is 16.6. The van der Waals surface area contributed by atoms with Crippen LogP contribution in [0.2, 0.25) is 0 Å². The van der Waals surface area contributed by atoms with Gasteiger partial charge in [0.15, 0.2) is 0 Å². The lowest BCUT2D eigenvalue weighted by Gasteiger charge is -2.26. The van der Waals surface area contributed by atoms with E-state index >= 15 is 0 Å². The average molecular weight is 414 g/mol. The van der Waals surface area contributed by atoms with E-state index in [1.54, 1.807) is 0 Å². The van der Waals surface area contributed by atoms with Gasteiger partial charge in [-0.2, -0.15) is 4.31 Å². The third-order valence-corrected chi connectivity index (χ3v) is 6.86. The van der Waals surface area contributed by atoms with E-state index in [1.807, 2.05) is 37.3 Å². The minimum Gasteiger partial charge on any atom is -0.459 e. The predicted molar refractivity (Wildman–Crippen MR) is 108 cm³/mol. The maximum atomic E-state index is 12.7. The Bertz CT molecular complexity index is 1080. The fourth-order valence-electron chi connectivity index (χ4n) is 3.28. The number of nitrogens with zero attached hydrogens (tertiary/aromatic N) is 1. The molecule has 8 heteroatoms. The van der Waals surface area contributed by atoms with E-state index in [2.05, 4.69) is 5.32 Å². The number of sulfonamides is 1. The van der Waals surface area contributed by atoms with Crippen LogP contribution in [0, 0.1) is 0 Å². The monoisotopic (exact) mass is 414 g/mol. The molecule has 1 aliphatic heterocycles. The van der Waals surface area contributed by atoms with Gasteiger partial charge in [-0.3, -0.25) is 4.79 Å². The van der Waals surface area contributed by atoms with Gasteiger partial charge < -0.3 is 14.5 Å². The molecule has 0 aliphatic carbocycles. The van der Waals surface area contributed by atoms with E-state index in [9.17, 15) is 13.2 Å². The number of fused-ring (bicyclic) bond motifs is 1. The molecule has 1 atom stereocenters. The zero-order chi connectivity index (χ0) is 20.4. The molecule has 1 aliphatic rings. The van der Waals surface area contributed by atoms with Crippen molar-refractivity contribution in [1.82, 2.24) is 9.62 Å². The van der Waals surface area contributed by atoms with Crippen LogP contribution in [-0.4, -0.2) is 44.9 Å². The molecule has 1 saturated heterocycles. The number of ether oxygens (including phenoxy) is 1. The minimum atomic E-state index is -3.58. The second-order valence-corrected chi connectivity index (χ2v) is 8.86. The van der Waals surface area contributed by atoms with E-state index in [4.69, 9.17) is 9.15 Å². The molecule has 29 heavy (non-hydrogen) atoms. The smallest absolute Gasteiger partial charge is 0.251 e. The van der Waals surface area contributed by atoms with Crippen LogP contribution in [0.25, 0.3) is 11.0 Å². The Balaban J connectivity index is 1.46. The molecule has 2 heterocycles. The van der Waals surface area contributed by atoms with Gasteiger partial charge in [0.2, 0.25) is 10.0 Å². The topological polar surface area (TPSA) is 88.9 Å². The molecule has 4 rings (SSSR count). The third kappa shape index (κ3) is 4.05. The number of hydrogen-bond donors (Lipinski definition) is 1. The molecule has 2 aromatic carbocycles. The van der Waals surface area contributed by atoms with Gasteiger partial charge in [0.05, 0.1) is 24.2 Å². The number of rotatable bonds is 5. The molecule has 1 N–H and O–H groups in total. The lowest BCUT2D eigenvalue weighted by molar-refractivity contribution is 0.0730. The van der Waals surface area contributed by atoms with Crippen LogP contribution >= 0.6 is 0 Å². The van der Waals surface area contributed by atoms with Crippen LogP contribution in [0.5, 0.6) is 0 Å². The van der Waals surface area contributed by atoms with Crippen LogP contribution in [0.1, 0.15) is 29.1 Å². The Morgan fingerprint density at radius 2 is 1.76 bits per heavy atom. The van der Waals surface area contributed by atoms with E-state index in [0.717, 1.165) is 11.0 Å². The van der Waals surface area contributed by atoms with Gasteiger partial charge in [-0.15, -0.1) is 0 Å². The maximum Gasteiger partial charge on any atom is 0.251 e. The van der Waals surface area contributed by atoms with Gasteiger partial charge in [0.25, 0.3) is 5.91 Å². The number of benzene rings is 2. The van der Waals surface area contributed by atoms with Crippen molar-refractivity contribution in [2.45, 2.75) is 17.9 Å². The fraction of sp³-hybridized carbons (Fsp3) is 0.286. The first-order valence-corrected chi connectivity index (χ1v) is 10.9. The Labute approximate surface area is 169 Å². The zero-order valence-electron chi connectivity index (χ0n) is 16.0. The van der Waals surface area contributed by atoms with Crippen molar-refractivity contribution < 1.29 is 22.4 Å². The molecular formula is C21H22N2O5S. The molecular weight excluding hydrogens is 392 g/mol. The number of morpholine rings is 1. The van der Waals surface area contributed by atoms with Gasteiger partial charge in [-0.25, -0.2) is 8.42 Å². The van der Waals surface area contributed by atoms with Crippen molar-refractivity contribution in [2.24, 2.45) is 0 Å². The highest BCUT2D eigenvalue weighted by molar-refractivity contribution is 7.89. The summed E-state index contributed by atoms with van der Waals surface area (Å²) in [5.74, 6) is 0.361. The van der Waals surface area contributed by atoms with Gasteiger partial charge in [0, 0.05) is 24.0 Å². The summed E-state index contributed by atoms with van der Waals surface area (Å²) < 4.78 is 37.7. The molecule has 0 saturated carbocycles. The summed E-state index contributed by atoms with van der Waals surface area (Å²) in [4.78, 5) is 12.7. The Morgan fingerprint density at radius 3 is 2.45 bits per heavy atom. The first kappa shape index (κ1) is 19.6. The molecule has 1 amide bonds. The summed E-state index contributed by atoms with van der Waals surface area (Å²) in [6, 6.07) is 15.2. The van der Waals surface area contributed by atoms with Crippen molar-refractivity contribution in [3.8, 4) is 0 Å².